The standard InChI is InChI=1S/C17H29NO/c1-15(7-5-9-16(2)13-18(3)4)8-6-10-17-11-12-19-14-17/h5,7,11-12,14-16H,6,8-10,13H2,1-4H3. The van der Waals surface area contributed by atoms with E-state index >= 15 is 0 Å². The lowest BCUT2D eigenvalue weighted by Gasteiger charge is -2.15. The maximum Gasteiger partial charge on any atom is 0.0934 e. The molecule has 2 heteroatoms. The zero-order valence-electron chi connectivity index (χ0n) is 12.9. The van der Waals surface area contributed by atoms with Crippen LogP contribution in [0.15, 0.2) is 35.2 Å². The molecule has 108 valence electrons. The van der Waals surface area contributed by atoms with Gasteiger partial charge in [0.25, 0.3) is 0 Å². The van der Waals surface area contributed by atoms with Crippen LogP contribution in [0.25, 0.3) is 0 Å². The van der Waals surface area contributed by atoms with Gasteiger partial charge in [-0.25, -0.2) is 0 Å². The maximum atomic E-state index is 5.08. The van der Waals surface area contributed by atoms with E-state index in [4.69, 9.17) is 4.42 Å². The Hall–Kier alpha value is -1.02. The number of allylic oxidation sites excluding steroid dienone is 2. The van der Waals surface area contributed by atoms with Gasteiger partial charge in [-0.05, 0) is 63.2 Å². The SMILES string of the molecule is CC(C=CCC(C)CN(C)C)CCCc1ccoc1. The molecule has 0 aliphatic heterocycles. The Bertz CT molecular complexity index is 340. The number of nitrogens with zero attached hydrogens (tertiary/aromatic N) is 1. The van der Waals surface area contributed by atoms with E-state index in [1.807, 2.05) is 6.26 Å². The molecule has 2 atom stereocenters. The molecule has 0 N–H and O–H groups in total. The molecule has 19 heavy (non-hydrogen) atoms. The molecule has 1 heterocycles. The quantitative estimate of drug-likeness (QED) is 0.615. The summed E-state index contributed by atoms with van der Waals surface area (Å²) in [5.41, 5.74) is 1.32. The highest BCUT2D eigenvalue weighted by Gasteiger charge is 2.02. The second-order valence-electron chi connectivity index (χ2n) is 6.03. The molecule has 0 spiro atoms. The summed E-state index contributed by atoms with van der Waals surface area (Å²) in [5.74, 6) is 1.42. The van der Waals surface area contributed by atoms with E-state index in [0.717, 1.165) is 12.3 Å². The first-order valence-corrected chi connectivity index (χ1v) is 7.40. The molecular formula is C17H29NO. The van der Waals surface area contributed by atoms with Gasteiger partial charge in [0, 0.05) is 6.54 Å². The van der Waals surface area contributed by atoms with Gasteiger partial charge in [-0.15, -0.1) is 0 Å². The summed E-state index contributed by atoms with van der Waals surface area (Å²) in [5, 5.41) is 0. The molecule has 0 aliphatic rings. The van der Waals surface area contributed by atoms with Gasteiger partial charge in [0.1, 0.15) is 0 Å². The van der Waals surface area contributed by atoms with Gasteiger partial charge in [0.05, 0.1) is 12.5 Å². The second kappa shape index (κ2) is 8.98. The normalized spacial score (nSPS) is 15.2. The van der Waals surface area contributed by atoms with Crippen LogP contribution in [0.5, 0.6) is 0 Å². The zero-order valence-corrected chi connectivity index (χ0v) is 12.9. The molecule has 0 saturated carbocycles. The van der Waals surface area contributed by atoms with E-state index in [0.29, 0.717) is 5.92 Å². The molecule has 0 aromatic carbocycles. The van der Waals surface area contributed by atoms with Crippen LogP contribution in [0.1, 0.15) is 38.7 Å². The predicted octanol–water partition coefficient (Wildman–Crippen LogP) is 4.38. The molecule has 0 bridgehead atoms. The Labute approximate surface area is 118 Å². The fourth-order valence-electron chi connectivity index (χ4n) is 2.40. The Morgan fingerprint density at radius 2 is 2.11 bits per heavy atom. The topological polar surface area (TPSA) is 16.4 Å². The molecule has 0 radical (unpaired) electrons. The minimum atomic E-state index is 0.679. The van der Waals surface area contributed by atoms with Gasteiger partial charge in [0.2, 0.25) is 0 Å². The lowest BCUT2D eigenvalue weighted by molar-refractivity contribution is 0.340. The average molecular weight is 263 g/mol. The number of rotatable bonds is 9. The summed E-state index contributed by atoms with van der Waals surface area (Å²) in [6.07, 6.45) is 13.1. The minimum absolute atomic E-state index is 0.679. The summed E-state index contributed by atoms with van der Waals surface area (Å²) >= 11 is 0. The van der Waals surface area contributed by atoms with Crippen molar-refractivity contribution in [2.24, 2.45) is 11.8 Å². The summed E-state index contributed by atoms with van der Waals surface area (Å²) in [6, 6.07) is 2.06. The molecule has 1 aromatic rings. The van der Waals surface area contributed by atoms with Gasteiger partial charge in [0.15, 0.2) is 0 Å². The van der Waals surface area contributed by atoms with Crippen LogP contribution in [0, 0.1) is 11.8 Å². The van der Waals surface area contributed by atoms with Gasteiger partial charge in [-0.1, -0.05) is 26.0 Å². The summed E-state index contributed by atoms with van der Waals surface area (Å²) in [6.45, 7) is 5.79. The fraction of sp³-hybridized carbons (Fsp3) is 0.647. The van der Waals surface area contributed by atoms with E-state index in [1.165, 1.54) is 31.4 Å². The zero-order chi connectivity index (χ0) is 14.1. The van der Waals surface area contributed by atoms with Crippen molar-refractivity contribution in [1.29, 1.82) is 0 Å². The largest absolute Gasteiger partial charge is 0.472 e. The third-order valence-corrected chi connectivity index (χ3v) is 3.38. The number of aryl methyl sites for hydroxylation is 1. The molecular weight excluding hydrogens is 234 g/mol. The number of hydrogen-bond acceptors (Lipinski definition) is 2. The molecule has 2 nitrogen and oxygen atoms in total. The molecule has 1 aromatic heterocycles. The number of hydrogen-bond donors (Lipinski definition) is 0. The third-order valence-electron chi connectivity index (χ3n) is 3.38. The summed E-state index contributed by atoms with van der Waals surface area (Å²) in [7, 11) is 4.28. The molecule has 0 saturated heterocycles. The lowest BCUT2D eigenvalue weighted by atomic mass is 10.00. The highest BCUT2D eigenvalue weighted by molar-refractivity contribution is 5.05. The van der Waals surface area contributed by atoms with E-state index < -0.39 is 0 Å². The predicted molar refractivity (Wildman–Crippen MR) is 82.3 cm³/mol. The van der Waals surface area contributed by atoms with Crippen LogP contribution in [0.3, 0.4) is 0 Å². The first kappa shape index (κ1) is 16.0. The Morgan fingerprint density at radius 3 is 2.74 bits per heavy atom. The Morgan fingerprint density at radius 1 is 1.32 bits per heavy atom. The van der Waals surface area contributed by atoms with Gasteiger partial charge >= 0.3 is 0 Å². The lowest BCUT2D eigenvalue weighted by Crippen LogP contribution is -2.19. The van der Waals surface area contributed by atoms with Crippen molar-refractivity contribution in [3.8, 4) is 0 Å². The van der Waals surface area contributed by atoms with Crippen LogP contribution in [0.2, 0.25) is 0 Å². The Kier molecular flexibility index (Phi) is 7.57. The van der Waals surface area contributed by atoms with Crippen LogP contribution >= 0.6 is 0 Å². The highest BCUT2D eigenvalue weighted by Crippen LogP contribution is 2.13. The molecule has 2 unspecified atom stereocenters. The monoisotopic (exact) mass is 263 g/mol. The fourth-order valence-corrected chi connectivity index (χ4v) is 2.40. The highest BCUT2D eigenvalue weighted by atomic mass is 16.3. The van der Waals surface area contributed by atoms with Crippen molar-refractivity contribution in [2.45, 2.75) is 39.5 Å². The second-order valence-corrected chi connectivity index (χ2v) is 6.03. The smallest absolute Gasteiger partial charge is 0.0934 e. The van der Waals surface area contributed by atoms with Gasteiger partial charge in [-0.3, -0.25) is 0 Å². The van der Waals surface area contributed by atoms with E-state index in [1.54, 1.807) is 6.26 Å². The molecule has 0 fully saturated rings. The third kappa shape index (κ3) is 7.89. The first-order valence-electron chi connectivity index (χ1n) is 7.40. The van der Waals surface area contributed by atoms with Crippen molar-refractivity contribution < 1.29 is 4.42 Å². The average Bonchev–Trinajstić information content (AvgIpc) is 2.81. The molecule has 0 amide bonds. The first-order chi connectivity index (χ1) is 9.08. The van der Waals surface area contributed by atoms with Crippen molar-refractivity contribution in [2.75, 3.05) is 20.6 Å². The molecule has 1 rings (SSSR count). The summed E-state index contributed by atoms with van der Waals surface area (Å²) < 4.78 is 5.08. The van der Waals surface area contributed by atoms with Crippen LogP contribution < -0.4 is 0 Å². The van der Waals surface area contributed by atoms with E-state index in [-0.39, 0.29) is 0 Å². The Balaban J connectivity index is 2.11. The van der Waals surface area contributed by atoms with Crippen LogP contribution in [0.4, 0.5) is 0 Å². The summed E-state index contributed by atoms with van der Waals surface area (Å²) in [4.78, 5) is 2.26. The van der Waals surface area contributed by atoms with Crippen LogP contribution in [-0.2, 0) is 6.42 Å². The maximum absolute atomic E-state index is 5.08. The van der Waals surface area contributed by atoms with Gasteiger partial charge < -0.3 is 9.32 Å². The van der Waals surface area contributed by atoms with Crippen molar-refractivity contribution in [1.82, 2.24) is 4.90 Å². The van der Waals surface area contributed by atoms with E-state index in [9.17, 15) is 0 Å². The number of furan rings is 1. The van der Waals surface area contributed by atoms with Gasteiger partial charge in [-0.2, -0.15) is 0 Å². The molecule has 0 aliphatic carbocycles. The van der Waals surface area contributed by atoms with E-state index in [2.05, 4.69) is 51.1 Å². The van der Waals surface area contributed by atoms with Crippen molar-refractivity contribution in [3.05, 3.63) is 36.3 Å². The van der Waals surface area contributed by atoms with Crippen molar-refractivity contribution >= 4 is 0 Å². The minimum Gasteiger partial charge on any atom is -0.472 e. The van der Waals surface area contributed by atoms with Crippen LogP contribution in [-0.4, -0.2) is 25.5 Å². The van der Waals surface area contributed by atoms with Crippen molar-refractivity contribution in [3.63, 3.8) is 0 Å².